The Morgan fingerprint density at radius 2 is 1.82 bits per heavy atom. The molecule has 0 amide bonds. The number of hydrogen-bond acceptors (Lipinski definition) is 2. The molecule has 0 radical (unpaired) electrons. The lowest BCUT2D eigenvalue weighted by Gasteiger charge is -2.04. The fourth-order valence-electron chi connectivity index (χ4n) is 1.93. The summed E-state index contributed by atoms with van der Waals surface area (Å²) in [6.07, 6.45) is 6.94. The number of epoxide rings is 1. The highest BCUT2D eigenvalue weighted by Gasteiger charge is 2.20. The Kier molecular flexibility index (Phi) is 5.53. The van der Waals surface area contributed by atoms with Gasteiger partial charge >= 0.3 is 0 Å². The van der Waals surface area contributed by atoms with Crippen molar-refractivity contribution in [3.8, 4) is 0 Å². The molecule has 1 saturated heterocycles. The van der Waals surface area contributed by atoms with Gasteiger partial charge in [-0.3, -0.25) is 0 Å². The second-order valence-electron chi connectivity index (χ2n) is 4.70. The molecule has 1 aliphatic rings. The van der Waals surface area contributed by atoms with Crippen LogP contribution < -0.4 is 0 Å². The lowest BCUT2D eigenvalue weighted by atomic mass is 10.1. The maximum Gasteiger partial charge on any atom is 0.0810 e. The van der Waals surface area contributed by atoms with E-state index in [1.54, 1.807) is 0 Å². The molecule has 1 aromatic carbocycles. The molecule has 0 aliphatic carbocycles. The molecule has 0 saturated carbocycles. The van der Waals surface area contributed by atoms with Crippen molar-refractivity contribution >= 4 is 0 Å². The minimum absolute atomic E-state index is 0.601. The first-order chi connectivity index (χ1) is 8.45. The van der Waals surface area contributed by atoms with Crippen molar-refractivity contribution in [3.05, 3.63) is 35.9 Å². The summed E-state index contributed by atoms with van der Waals surface area (Å²) in [5.41, 5.74) is 1.26. The van der Waals surface area contributed by atoms with E-state index in [1.807, 2.05) is 6.07 Å². The molecule has 2 heteroatoms. The molecule has 1 aromatic rings. The summed E-state index contributed by atoms with van der Waals surface area (Å²) < 4.78 is 10.8. The average Bonchev–Trinajstić information content (AvgIpc) is 3.18. The Morgan fingerprint density at radius 1 is 1.06 bits per heavy atom. The van der Waals surface area contributed by atoms with E-state index in [0.717, 1.165) is 19.8 Å². The van der Waals surface area contributed by atoms with E-state index in [-0.39, 0.29) is 0 Å². The molecule has 1 unspecified atom stereocenters. The molecule has 1 atom stereocenters. The molecule has 1 heterocycles. The van der Waals surface area contributed by atoms with Gasteiger partial charge < -0.3 is 9.47 Å². The summed E-state index contributed by atoms with van der Waals surface area (Å²) in [6.45, 7) is 2.63. The maximum atomic E-state index is 5.64. The summed E-state index contributed by atoms with van der Waals surface area (Å²) in [7, 11) is 0. The van der Waals surface area contributed by atoms with Gasteiger partial charge in [0.1, 0.15) is 0 Å². The second-order valence-corrected chi connectivity index (χ2v) is 4.70. The first-order valence-electron chi connectivity index (χ1n) is 6.68. The van der Waals surface area contributed by atoms with Gasteiger partial charge in [-0.15, -0.1) is 0 Å². The van der Waals surface area contributed by atoms with E-state index in [2.05, 4.69) is 24.3 Å². The number of ether oxygens (including phenoxy) is 2. The molecular weight excluding hydrogens is 212 g/mol. The zero-order valence-corrected chi connectivity index (χ0v) is 10.4. The van der Waals surface area contributed by atoms with Crippen molar-refractivity contribution in [1.82, 2.24) is 0 Å². The van der Waals surface area contributed by atoms with E-state index < -0.39 is 0 Å². The van der Waals surface area contributed by atoms with E-state index in [0.29, 0.717) is 6.10 Å². The standard InChI is InChI=1S/C15H22O2/c1(6-10-15-13-17-15)2-7-11-16-12-14-8-4-3-5-9-14/h3-5,8-9,15H,1-2,6-7,10-13H2. The predicted octanol–water partition coefficient (Wildman–Crippen LogP) is 3.55. The monoisotopic (exact) mass is 234 g/mol. The highest BCUT2D eigenvalue weighted by Crippen LogP contribution is 2.17. The molecule has 0 spiro atoms. The minimum Gasteiger partial charge on any atom is -0.377 e. The van der Waals surface area contributed by atoms with Gasteiger partial charge in [0.25, 0.3) is 0 Å². The molecular formula is C15H22O2. The zero-order chi connectivity index (χ0) is 11.8. The summed E-state index contributed by atoms with van der Waals surface area (Å²) >= 11 is 0. The fraction of sp³-hybridized carbons (Fsp3) is 0.600. The Bertz CT molecular complexity index is 293. The van der Waals surface area contributed by atoms with Crippen LogP contribution in [0, 0.1) is 0 Å². The van der Waals surface area contributed by atoms with Crippen molar-refractivity contribution in [2.45, 2.75) is 44.8 Å². The van der Waals surface area contributed by atoms with Gasteiger partial charge in [-0.25, -0.2) is 0 Å². The number of rotatable bonds is 9. The fourth-order valence-corrected chi connectivity index (χ4v) is 1.93. The van der Waals surface area contributed by atoms with Gasteiger partial charge in [0.2, 0.25) is 0 Å². The molecule has 1 fully saturated rings. The molecule has 0 N–H and O–H groups in total. The molecule has 0 bridgehead atoms. The normalized spacial score (nSPS) is 18.2. The summed E-state index contributed by atoms with van der Waals surface area (Å²) in [5.74, 6) is 0. The summed E-state index contributed by atoms with van der Waals surface area (Å²) in [5, 5.41) is 0. The highest BCUT2D eigenvalue weighted by atomic mass is 16.6. The summed E-state index contributed by atoms with van der Waals surface area (Å²) in [4.78, 5) is 0. The van der Waals surface area contributed by atoms with E-state index in [4.69, 9.17) is 9.47 Å². The highest BCUT2D eigenvalue weighted by molar-refractivity contribution is 5.13. The first kappa shape index (κ1) is 12.6. The number of hydrogen-bond donors (Lipinski definition) is 0. The van der Waals surface area contributed by atoms with Crippen molar-refractivity contribution in [2.24, 2.45) is 0 Å². The quantitative estimate of drug-likeness (QED) is 0.481. The van der Waals surface area contributed by atoms with Crippen LogP contribution in [-0.2, 0) is 16.1 Å². The number of unbranched alkanes of at least 4 members (excludes halogenated alkanes) is 3. The van der Waals surface area contributed by atoms with Crippen LogP contribution in [0.4, 0.5) is 0 Å². The summed E-state index contributed by atoms with van der Waals surface area (Å²) in [6, 6.07) is 10.4. The maximum absolute atomic E-state index is 5.64. The van der Waals surface area contributed by atoms with Crippen LogP contribution in [0.25, 0.3) is 0 Å². The van der Waals surface area contributed by atoms with Gasteiger partial charge in [-0.05, 0) is 18.4 Å². The lowest BCUT2D eigenvalue weighted by Crippen LogP contribution is -1.95. The van der Waals surface area contributed by atoms with E-state index in [9.17, 15) is 0 Å². The van der Waals surface area contributed by atoms with Crippen LogP contribution in [0.2, 0.25) is 0 Å². The second kappa shape index (κ2) is 7.46. The average molecular weight is 234 g/mol. The third-order valence-electron chi connectivity index (χ3n) is 3.08. The Balaban J connectivity index is 1.38. The van der Waals surface area contributed by atoms with Crippen LogP contribution in [0.5, 0.6) is 0 Å². The zero-order valence-electron chi connectivity index (χ0n) is 10.4. The Labute approximate surface area is 104 Å². The van der Waals surface area contributed by atoms with E-state index in [1.165, 1.54) is 37.7 Å². The first-order valence-corrected chi connectivity index (χ1v) is 6.68. The van der Waals surface area contributed by atoms with Crippen molar-refractivity contribution in [1.29, 1.82) is 0 Å². The molecule has 94 valence electrons. The van der Waals surface area contributed by atoms with Crippen molar-refractivity contribution in [3.63, 3.8) is 0 Å². The Hall–Kier alpha value is -0.860. The van der Waals surface area contributed by atoms with Crippen molar-refractivity contribution in [2.75, 3.05) is 13.2 Å². The predicted molar refractivity (Wildman–Crippen MR) is 68.9 cm³/mol. The van der Waals surface area contributed by atoms with Gasteiger partial charge in [-0.2, -0.15) is 0 Å². The van der Waals surface area contributed by atoms with E-state index >= 15 is 0 Å². The topological polar surface area (TPSA) is 21.8 Å². The van der Waals surface area contributed by atoms with Crippen LogP contribution in [0.1, 0.15) is 37.7 Å². The molecule has 17 heavy (non-hydrogen) atoms. The lowest BCUT2D eigenvalue weighted by molar-refractivity contribution is 0.116. The molecule has 1 aliphatic heterocycles. The molecule has 0 aromatic heterocycles. The minimum atomic E-state index is 0.601. The van der Waals surface area contributed by atoms with Crippen molar-refractivity contribution < 1.29 is 9.47 Å². The smallest absolute Gasteiger partial charge is 0.0810 e. The van der Waals surface area contributed by atoms with Crippen LogP contribution in [0.3, 0.4) is 0 Å². The van der Waals surface area contributed by atoms with Gasteiger partial charge in [0, 0.05) is 6.61 Å². The van der Waals surface area contributed by atoms with Gasteiger partial charge in [0.05, 0.1) is 19.3 Å². The Morgan fingerprint density at radius 3 is 2.59 bits per heavy atom. The van der Waals surface area contributed by atoms with Crippen LogP contribution in [0.15, 0.2) is 30.3 Å². The number of benzene rings is 1. The SMILES string of the molecule is c1ccc(COCCCCCCC2CO2)cc1. The molecule has 2 nitrogen and oxygen atoms in total. The largest absolute Gasteiger partial charge is 0.377 e. The van der Waals surface area contributed by atoms with Gasteiger partial charge in [-0.1, -0.05) is 49.6 Å². The van der Waals surface area contributed by atoms with Gasteiger partial charge in [0.15, 0.2) is 0 Å². The van der Waals surface area contributed by atoms with Crippen LogP contribution in [-0.4, -0.2) is 19.3 Å². The third-order valence-corrected chi connectivity index (χ3v) is 3.08. The molecule has 2 rings (SSSR count). The third kappa shape index (κ3) is 5.85. The van der Waals surface area contributed by atoms with Crippen LogP contribution >= 0.6 is 0 Å².